The van der Waals surface area contributed by atoms with Gasteiger partial charge in [-0.2, -0.15) is 0 Å². The van der Waals surface area contributed by atoms with Gasteiger partial charge in [0.25, 0.3) is 0 Å². The molecule has 0 aliphatic heterocycles. The third kappa shape index (κ3) is 24.6. The molecular weight excluding hydrogens is 436 g/mol. The van der Waals surface area contributed by atoms with Gasteiger partial charge >= 0.3 is 0 Å². The Morgan fingerprint density at radius 3 is 1.31 bits per heavy atom. The standard InChI is InChI=1S/C35H62O/c1-2-3-4-5-6-7-8-9-10-11-12-13-14-15-16-17-18-19-20-21-22-23-24-25-26-30-33-36-34-35-31-28-27-29-32-35/h18-19,27-29,31-32H,2-17,20-26,30,33-34H2,1H3/b19-18-. The number of hydrogen-bond donors (Lipinski definition) is 0. The molecule has 1 nitrogen and oxygen atoms in total. The highest BCUT2D eigenvalue weighted by molar-refractivity contribution is 5.13. The number of unbranched alkanes of at least 4 members (excludes halogenated alkanes) is 22. The van der Waals surface area contributed by atoms with Crippen molar-refractivity contribution in [2.75, 3.05) is 6.61 Å². The lowest BCUT2D eigenvalue weighted by atomic mass is 10.0. The summed E-state index contributed by atoms with van der Waals surface area (Å²) < 4.78 is 5.77. The van der Waals surface area contributed by atoms with Gasteiger partial charge in [-0.15, -0.1) is 0 Å². The van der Waals surface area contributed by atoms with E-state index in [0.29, 0.717) is 0 Å². The molecule has 0 aliphatic rings. The molecule has 0 saturated carbocycles. The first-order valence-electron chi connectivity index (χ1n) is 16.2. The minimum Gasteiger partial charge on any atom is -0.377 e. The molecule has 0 saturated heterocycles. The van der Waals surface area contributed by atoms with E-state index in [1.54, 1.807) is 0 Å². The molecular formula is C35H62O. The summed E-state index contributed by atoms with van der Waals surface area (Å²) in [5.41, 5.74) is 1.28. The molecule has 0 atom stereocenters. The van der Waals surface area contributed by atoms with Crippen molar-refractivity contribution in [3.63, 3.8) is 0 Å². The van der Waals surface area contributed by atoms with E-state index in [2.05, 4.69) is 49.4 Å². The normalized spacial score (nSPS) is 11.6. The summed E-state index contributed by atoms with van der Waals surface area (Å²) in [6, 6.07) is 10.5. The van der Waals surface area contributed by atoms with E-state index in [-0.39, 0.29) is 0 Å². The fourth-order valence-electron chi connectivity index (χ4n) is 4.98. The summed E-state index contributed by atoms with van der Waals surface area (Å²) >= 11 is 0. The first kappa shape index (κ1) is 32.9. The van der Waals surface area contributed by atoms with Gasteiger partial charge in [0.2, 0.25) is 0 Å². The Balaban J connectivity index is 1.67. The summed E-state index contributed by atoms with van der Waals surface area (Å²) in [4.78, 5) is 0. The van der Waals surface area contributed by atoms with Crippen LogP contribution in [0.2, 0.25) is 0 Å². The molecule has 0 spiro atoms. The SMILES string of the molecule is CCCCCCCCCCCCCCCCC/C=C\CCCCCCCCCOCc1ccccc1. The Morgan fingerprint density at radius 1 is 0.472 bits per heavy atom. The Hall–Kier alpha value is -1.08. The molecule has 0 bridgehead atoms. The predicted molar refractivity (Wildman–Crippen MR) is 162 cm³/mol. The third-order valence-corrected chi connectivity index (χ3v) is 7.41. The van der Waals surface area contributed by atoms with Gasteiger partial charge in [-0.25, -0.2) is 0 Å². The van der Waals surface area contributed by atoms with E-state index in [0.717, 1.165) is 13.2 Å². The molecule has 0 N–H and O–H groups in total. The average molecular weight is 499 g/mol. The zero-order valence-corrected chi connectivity index (χ0v) is 24.3. The number of hydrogen-bond acceptors (Lipinski definition) is 1. The lowest BCUT2D eigenvalue weighted by molar-refractivity contribution is 0.116. The van der Waals surface area contributed by atoms with Crippen LogP contribution in [-0.4, -0.2) is 6.61 Å². The van der Waals surface area contributed by atoms with Crippen molar-refractivity contribution in [1.29, 1.82) is 0 Å². The zero-order chi connectivity index (χ0) is 25.6. The summed E-state index contributed by atoms with van der Waals surface area (Å²) in [5, 5.41) is 0. The molecule has 1 heteroatoms. The van der Waals surface area contributed by atoms with Crippen LogP contribution in [0.4, 0.5) is 0 Å². The van der Waals surface area contributed by atoms with Crippen LogP contribution >= 0.6 is 0 Å². The molecule has 0 fully saturated rings. The maximum absolute atomic E-state index is 5.77. The topological polar surface area (TPSA) is 9.23 Å². The van der Waals surface area contributed by atoms with Crippen molar-refractivity contribution in [1.82, 2.24) is 0 Å². The van der Waals surface area contributed by atoms with E-state index in [4.69, 9.17) is 4.74 Å². The van der Waals surface area contributed by atoms with Crippen molar-refractivity contribution >= 4 is 0 Å². The summed E-state index contributed by atoms with van der Waals surface area (Å²) in [6.45, 7) is 3.96. The Bertz CT molecular complexity index is 549. The predicted octanol–water partition coefficient (Wildman–Crippen LogP) is 12.1. The molecule has 1 rings (SSSR count). The second-order valence-corrected chi connectivity index (χ2v) is 11.0. The second-order valence-electron chi connectivity index (χ2n) is 11.0. The molecule has 0 radical (unpaired) electrons. The first-order chi connectivity index (χ1) is 17.9. The first-order valence-corrected chi connectivity index (χ1v) is 16.2. The third-order valence-electron chi connectivity index (χ3n) is 7.41. The fourth-order valence-corrected chi connectivity index (χ4v) is 4.98. The Kier molecular flexibility index (Phi) is 26.1. The quantitative estimate of drug-likeness (QED) is 0.0824. The van der Waals surface area contributed by atoms with Gasteiger partial charge in [0.1, 0.15) is 0 Å². The van der Waals surface area contributed by atoms with Crippen molar-refractivity contribution in [2.45, 2.75) is 168 Å². The van der Waals surface area contributed by atoms with Gasteiger partial charge in [0.05, 0.1) is 6.61 Å². The van der Waals surface area contributed by atoms with E-state index in [1.807, 2.05) is 0 Å². The van der Waals surface area contributed by atoms with Gasteiger partial charge in [-0.1, -0.05) is 171 Å². The smallest absolute Gasteiger partial charge is 0.0716 e. The molecule has 1 aromatic carbocycles. The minimum atomic E-state index is 0.758. The highest BCUT2D eigenvalue weighted by Gasteiger charge is 1.96. The van der Waals surface area contributed by atoms with Crippen LogP contribution in [0.3, 0.4) is 0 Å². The fraction of sp³-hybridized carbons (Fsp3) is 0.771. The lowest BCUT2D eigenvalue weighted by Gasteiger charge is -2.04. The Labute approximate surface area is 226 Å². The molecule has 0 aromatic heterocycles. The van der Waals surface area contributed by atoms with Gasteiger partial charge in [0.15, 0.2) is 0 Å². The van der Waals surface area contributed by atoms with Crippen LogP contribution in [-0.2, 0) is 11.3 Å². The van der Waals surface area contributed by atoms with Crippen molar-refractivity contribution in [3.8, 4) is 0 Å². The van der Waals surface area contributed by atoms with Crippen molar-refractivity contribution < 1.29 is 4.74 Å². The second kappa shape index (κ2) is 28.5. The molecule has 36 heavy (non-hydrogen) atoms. The van der Waals surface area contributed by atoms with Crippen LogP contribution in [0.15, 0.2) is 42.5 Å². The molecule has 1 aromatic rings. The van der Waals surface area contributed by atoms with Gasteiger partial charge in [0, 0.05) is 6.61 Å². The van der Waals surface area contributed by atoms with Gasteiger partial charge in [-0.05, 0) is 37.7 Å². The maximum atomic E-state index is 5.77. The van der Waals surface area contributed by atoms with Gasteiger partial charge in [-0.3, -0.25) is 0 Å². The number of ether oxygens (including phenoxy) is 1. The number of allylic oxidation sites excluding steroid dienone is 2. The number of rotatable bonds is 28. The molecule has 0 aliphatic carbocycles. The largest absolute Gasteiger partial charge is 0.377 e. The molecule has 0 unspecified atom stereocenters. The highest BCUT2D eigenvalue weighted by Crippen LogP contribution is 2.14. The summed E-state index contributed by atoms with van der Waals surface area (Å²) in [6.07, 6.45) is 38.7. The van der Waals surface area contributed by atoms with Crippen LogP contribution < -0.4 is 0 Å². The summed E-state index contributed by atoms with van der Waals surface area (Å²) in [5.74, 6) is 0. The lowest BCUT2D eigenvalue weighted by Crippen LogP contribution is -1.95. The van der Waals surface area contributed by atoms with Crippen LogP contribution in [0.25, 0.3) is 0 Å². The van der Waals surface area contributed by atoms with E-state index in [1.165, 1.54) is 160 Å². The van der Waals surface area contributed by atoms with E-state index in [9.17, 15) is 0 Å². The Morgan fingerprint density at radius 2 is 0.861 bits per heavy atom. The van der Waals surface area contributed by atoms with Crippen molar-refractivity contribution in [3.05, 3.63) is 48.0 Å². The van der Waals surface area contributed by atoms with Crippen LogP contribution in [0, 0.1) is 0 Å². The maximum Gasteiger partial charge on any atom is 0.0716 e. The molecule has 0 heterocycles. The monoisotopic (exact) mass is 498 g/mol. The highest BCUT2D eigenvalue weighted by atomic mass is 16.5. The van der Waals surface area contributed by atoms with Crippen molar-refractivity contribution in [2.24, 2.45) is 0 Å². The van der Waals surface area contributed by atoms with E-state index < -0.39 is 0 Å². The van der Waals surface area contributed by atoms with Gasteiger partial charge < -0.3 is 4.74 Å². The van der Waals surface area contributed by atoms with Crippen LogP contribution in [0.1, 0.15) is 167 Å². The molecule has 0 amide bonds. The number of benzene rings is 1. The minimum absolute atomic E-state index is 0.758. The zero-order valence-electron chi connectivity index (χ0n) is 24.3. The average Bonchev–Trinajstić information content (AvgIpc) is 2.91. The van der Waals surface area contributed by atoms with E-state index >= 15 is 0 Å². The summed E-state index contributed by atoms with van der Waals surface area (Å²) in [7, 11) is 0. The van der Waals surface area contributed by atoms with Crippen LogP contribution in [0.5, 0.6) is 0 Å². The molecule has 208 valence electrons.